The van der Waals surface area contributed by atoms with Gasteiger partial charge in [0.1, 0.15) is 6.61 Å². The standard InChI is InChI=1S/C31H26N2O5/c1-37-28-18-22(16-17-27(28)38-20-21-10-4-2-5-11-21)26(19-29(34)32-23-12-6-3-7-13-23)33-30(35)24-14-8-9-15-25(24)31(33)36/h2-18,26H,19-20H2,1H3,(H,32,34). The first-order valence-electron chi connectivity index (χ1n) is 12.2. The Morgan fingerprint density at radius 2 is 1.39 bits per heavy atom. The molecular weight excluding hydrogens is 480 g/mol. The van der Waals surface area contributed by atoms with Crippen LogP contribution in [0, 0.1) is 0 Å². The second kappa shape index (κ2) is 11.0. The Balaban J connectivity index is 1.46. The van der Waals surface area contributed by atoms with Crippen LogP contribution in [-0.4, -0.2) is 29.7 Å². The molecule has 1 heterocycles. The summed E-state index contributed by atoms with van der Waals surface area (Å²) in [5.41, 5.74) is 2.84. The van der Waals surface area contributed by atoms with Gasteiger partial charge in [0.25, 0.3) is 11.8 Å². The zero-order valence-electron chi connectivity index (χ0n) is 20.8. The van der Waals surface area contributed by atoms with Gasteiger partial charge < -0.3 is 14.8 Å². The molecule has 4 aromatic rings. The van der Waals surface area contributed by atoms with E-state index in [0.29, 0.717) is 40.5 Å². The summed E-state index contributed by atoms with van der Waals surface area (Å²) in [5.74, 6) is -0.266. The van der Waals surface area contributed by atoms with E-state index in [9.17, 15) is 14.4 Å². The summed E-state index contributed by atoms with van der Waals surface area (Å²) in [7, 11) is 1.52. The SMILES string of the molecule is COc1cc(C(CC(=O)Nc2ccccc2)N2C(=O)c3ccccc3C2=O)ccc1OCc1ccccc1. The highest BCUT2D eigenvalue weighted by molar-refractivity contribution is 6.21. The van der Waals surface area contributed by atoms with Gasteiger partial charge in [0.05, 0.1) is 30.7 Å². The minimum Gasteiger partial charge on any atom is -0.493 e. The Bertz CT molecular complexity index is 1440. The van der Waals surface area contributed by atoms with E-state index in [0.717, 1.165) is 10.5 Å². The fourth-order valence-electron chi connectivity index (χ4n) is 4.50. The molecule has 0 spiro atoms. The van der Waals surface area contributed by atoms with Crippen molar-refractivity contribution in [3.8, 4) is 11.5 Å². The number of hydrogen-bond donors (Lipinski definition) is 1. The lowest BCUT2D eigenvalue weighted by atomic mass is 10.0. The predicted octanol–water partition coefficient (Wildman–Crippen LogP) is 5.64. The van der Waals surface area contributed by atoms with E-state index in [1.54, 1.807) is 54.6 Å². The van der Waals surface area contributed by atoms with Crippen LogP contribution in [-0.2, 0) is 11.4 Å². The van der Waals surface area contributed by atoms with Gasteiger partial charge in [-0.2, -0.15) is 0 Å². The Labute approximate surface area is 220 Å². The summed E-state index contributed by atoms with van der Waals surface area (Å²) in [5, 5.41) is 2.85. The van der Waals surface area contributed by atoms with Crippen LogP contribution in [0.3, 0.4) is 0 Å². The molecule has 3 amide bonds. The smallest absolute Gasteiger partial charge is 0.262 e. The molecule has 5 rings (SSSR count). The number of nitrogens with zero attached hydrogens (tertiary/aromatic N) is 1. The van der Waals surface area contributed by atoms with Gasteiger partial charge in [0, 0.05) is 5.69 Å². The van der Waals surface area contributed by atoms with Gasteiger partial charge in [-0.1, -0.05) is 66.7 Å². The van der Waals surface area contributed by atoms with E-state index in [1.807, 2.05) is 48.5 Å². The van der Waals surface area contributed by atoms with Crippen LogP contribution in [0.4, 0.5) is 5.69 Å². The molecule has 0 saturated heterocycles. The monoisotopic (exact) mass is 506 g/mol. The number of imide groups is 1. The highest BCUT2D eigenvalue weighted by Gasteiger charge is 2.41. The van der Waals surface area contributed by atoms with Crippen LogP contribution in [0.2, 0.25) is 0 Å². The van der Waals surface area contributed by atoms with Crippen LogP contribution < -0.4 is 14.8 Å². The van der Waals surface area contributed by atoms with Gasteiger partial charge in [-0.3, -0.25) is 19.3 Å². The number of ether oxygens (including phenoxy) is 2. The lowest BCUT2D eigenvalue weighted by Gasteiger charge is -2.27. The van der Waals surface area contributed by atoms with Gasteiger partial charge in [-0.15, -0.1) is 0 Å². The third-order valence-electron chi connectivity index (χ3n) is 6.38. The van der Waals surface area contributed by atoms with E-state index >= 15 is 0 Å². The maximum absolute atomic E-state index is 13.4. The molecule has 0 bridgehead atoms. The van der Waals surface area contributed by atoms with Gasteiger partial charge >= 0.3 is 0 Å². The number of benzene rings is 4. The number of nitrogens with one attached hydrogen (secondary N) is 1. The minimum atomic E-state index is -0.858. The number of anilines is 1. The van der Waals surface area contributed by atoms with Crippen LogP contribution in [0.15, 0.2) is 103 Å². The fraction of sp³-hybridized carbons (Fsp3) is 0.129. The lowest BCUT2D eigenvalue weighted by molar-refractivity contribution is -0.117. The minimum absolute atomic E-state index is 0.131. The zero-order valence-corrected chi connectivity index (χ0v) is 20.8. The number of fused-ring (bicyclic) bond motifs is 1. The summed E-state index contributed by atoms with van der Waals surface area (Å²) in [6.45, 7) is 0.345. The highest BCUT2D eigenvalue weighted by atomic mass is 16.5. The van der Waals surface area contributed by atoms with Crippen molar-refractivity contribution >= 4 is 23.4 Å². The molecular formula is C31H26N2O5. The van der Waals surface area contributed by atoms with Crippen molar-refractivity contribution in [1.29, 1.82) is 0 Å². The van der Waals surface area contributed by atoms with Crippen LogP contribution in [0.1, 0.15) is 44.3 Å². The molecule has 0 aliphatic carbocycles. The van der Waals surface area contributed by atoms with Crippen molar-refractivity contribution in [2.45, 2.75) is 19.1 Å². The number of rotatable bonds is 9. The number of methoxy groups -OCH3 is 1. The maximum atomic E-state index is 13.4. The molecule has 1 N–H and O–H groups in total. The molecule has 0 aromatic heterocycles. The molecule has 7 nitrogen and oxygen atoms in total. The molecule has 1 atom stereocenters. The average molecular weight is 507 g/mol. The average Bonchev–Trinajstić information content (AvgIpc) is 3.21. The van der Waals surface area contributed by atoms with Crippen molar-refractivity contribution in [2.75, 3.05) is 12.4 Å². The lowest BCUT2D eigenvalue weighted by Crippen LogP contribution is -2.36. The van der Waals surface area contributed by atoms with E-state index in [-0.39, 0.29) is 12.3 Å². The molecule has 1 aliphatic heterocycles. The normalized spacial score (nSPS) is 13.1. The summed E-state index contributed by atoms with van der Waals surface area (Å²) in [6.07, 6.45) is -0.131. The van der Waals surface area contributed by atoms with Crippen molar-refractivity contribution in [2.24, 2.45) is 0 Å². The summed E-state index contributed by atoms with van der Waals surface area (Å²) in [6, 6.07) is 29.8. The first-order valence-corrected chi connectivity index (χ1v) is 12.2. The van der Waals surface area contributed by atoms with Crippen LogP contribution in [0.5, 0.6) is 11.5 Å². The first-order chi connectivity index (χ1) is 18.5. The maximum Gasteiger partial charge on any atom is 0.262 e. The second-order valence-corrected chi connectivity index (χ2v) is 8.84. The van der Waals surface area contributed by atoms with Gasteiger partial charge in [0.15, 0.2) is 11.5 Å². The Kier molecular flexibility index (Phi) is 7.17. The molecule has 190 valence electrons. The summed E-state index contributed by atoms with van der Waals surface area (Å²) in [4.78, 5) is 41.0. The zero-order chi connectivity index (χ0) is 26.5. The van der Waals surface area contributed by atoms with Crippen LogP contribution in [0.25, 0.3) is 0 Å². The molecule has 38 heavy (non-hydrogen) atoms. The molecule has 0 fully saturated rings. The van der Waals surface area contributed by atoms with Gasteiger partial charge in [-0.05, 0) is 47.5 Å². The van der Waals surface area contributed by atoms with Crippen molar-refractivity contribution in [3.63, 3.8) is 0 Å². The molecule has 0 saturated carbocycles. The van der Waals surface area contributed by atoms with Crippen molar-refractivity contribution < 1.29 is 23.9 Å². The summed E-state index contributed by atoms with van der Waals surface area (Å²) < 4.78 is 11.6. The van der Waals surface area contributed by atoms with Crippen molar-refractivity contribution in [1.82, 2.24) is 4.90 Å². The fourth-order valence-corrected chi connectivity index (χ4v) is 4.50. The highest BCUT2D eigenvalue weighted by Crippen LogP contribution is 2.38. The van der Waals surface area contributed by atoms with Gasteiger partial charge in [0.2, 0.25) is 5.91 Å². The topological polar surface area (TPSA) is 84.9 Å². The third kappa shape index (κ3) is 5.13. The van der Waals surface area contributed by atoms with Crippen LogP contribution >= 0.6 is 0 Å². The third-order valence-corrected chi connectivity index (χ3v) is 6.38. The number of para-hydroxylation sites is 1. The largest absolute Gasteiger partial charge is 0.493 e. The number of hydrogen-bond acceptors (Lipinski definition) is 5. The molecule has 1 unspecified atom stereocenters. The Hall–Kier alpha value is -4.91. The number of amides is 3. The van der Waals surface area contributed by atoms with E-state index in [2.05, 4.69) is 5.32 Å². The molecule has 4 aromatic carbocycles. The van der Waals surface area contributed by atoms with Gasteiger partial charge in [-0.25, -0.2) is 0 Å². The number of carbonyl (C=O) groups is 3. The summed E-state index contributed by atoms with van der Waals surface area (Å²) >= 11 is 0. The quantitative estimate of drug-likeness (QED) is 0.297. The number of carbonyl (C=O) groups excluding carboxylic acids is 3. The molecule has 1 aliphatic rings. The Morgan fingerprint density at radius 1 is 0.789 bits per heavy atom. The second-order valence-electron chi connectivity index (χ2n) is 8.84. The molecule has 0 radical (unpaired) electrons. The predicted molar refractivity (Wildman–Crippen MR) is 143 cm³/mol. The van der Waals surface area contributed by atoms with E-state index in [1.165, 1.54) is 7.11 Å². The Morgan fingerprint density at radius 3 is 2.03 bits per heavy atom. The van der Waals surface area contributed by atoms with E-state index < -0.39 is 17.9 Å². The molecule has 7 heteroatoms. The van der Waals surface area contributed by atoms with E-state index in [4.69, 9.17) is 9.47 Å². The first kappa shape index (κ1) is 24.8. The van der Waals surface area contributed by atoms with Crippen molar-refractivity contribution in [3.05, 3.63) is 125 Å².